The molecule has 0 unspecified atom stereocenters. The molecule has 0 aliphatic carbocycles. The Balaban J connectivity index is 1.95. The second-order valence-corrected chi connectivity index (χ2v) is 9.28. The van der Waals surface area contributed by atoms with Crippen LogP contribution in [-0.2, 0) is 41.8 Å². The molecule has 37 heavy (non-hydrogen) atoms. The third kappa shape index (κ3) is 12.0. The molecule has 200 valence electrons. The summed E-state index contributed by atoms with van der Waals surface area (Å²) in [4.78, 5) is 49.0. The van der Waals surface area contributed by atoms with Crippen molar-refractivity contribution in [2.75, 3.05) is 6.61 Å². The van der Waals surface area contributed by atoms with Crippen LogP contribution in [-0.4, -0.2) is 53.3 Å². The molecule has 2 rings (SSSR count). The monoisotopic (exact) mass is 514 g/mol. The van der Waals surface area contributed by atoms with Gasteiger partial charge in [-0.2, -0.15) is 0 Å². The summed E-state index contributed by atoms with van der Waals surface area (Å²) in [6.45, 7) is 5.02. The predicted molar refractivity (Wildman–Crippen MR) is 134 cm³/mol. The minimum atomic E-state index is -1.38. The Morgan fingerprint density at radius 2 is 1.41 bits per heavy atom. The minimum absolute atomic E-state index is 0.0599. The number of rotatable bonds is 13. The van der Waals surface area contributed by atoms with Crippen LogP contribution in [0.5, 0.6) is 0 Å². The molecule has 0 fully saturated rings. The van der Waals surface area contributed by atoms with Gasteiger partial charge in [0.15, 0.2) is 0 Å². The molecule has 2 aromatic carbocycles. The van der Waals surface area contributed by atoms with Gasteiger partial charge in [-0.25, -0.2) is 9.59 Å². The molecule has 0 radical (unpaired) electrons. The number of aliphatic carboxylic acids is 1. The van der Waals surface area contributed by atoms with E-state index in [1.54, 1.807) is 32.9 Å². The summed E-state index contributed by atoms with van der Waals surface area (Å²) in [5.41, 5.74) is 0.849. The van der Waals surface area contributed by atoms with Crippen molar-refractivity contribution in [1.29, 1.82) is 0 Å². The number of esters is 1. The molecule has 2 atom stereocenters. The summed E-state index contributed by atoms with van der Waals surface area (Å²) in [6.07, 6.45) is -1.27. The van der Waals surface area contributed by atoms with E-state index >= 15 is 0 Å². The minimum Gasteiger partial charge on any atom is -0.480 e. The molecule has 0 saturated carbocycles. The van der Waals surface area contributed by atoms with Gasteiger partial charge < -0.3 is 30.0 Å². The van der Waals surface area contributed by atoms with E-state index in [-0.39, 0.29) is 32.7 Å². The largest absolute Gasteiger partial charge is 0.480 e. The fourth-order valence-electron chi connectivity index (χ4n) is 3.10. The van der Waals surface area contributed by atoms with Crippen molar-refractivity contribution in [3.8, 4) is 0 Å². The molecule has 0 heterocycles. The highest BCUT2D eigenvalue weighted by Gasteiger charge is 2.29. The zero-order chi connectivity index (χ0) is 27.3. The number of ether oxygens (including phenoxy) is 3. The van der Waals surface area contributed by atoms with Crippen LogP contribution in [0, 0.1) is 0 Å². The molecule has 0 saturated heterocycles. The number of carbonyl (C=O) groups excluding carboxylic acids is 3. The first-order valence-electron chi connectivity index (χ1n) is 11.9. The molecule has 10 heteroatoms. The van der Waals surface area contributed by atoms with Crippen molar-refractivity contribution in [1.82, 2.24) is 10.6 Å². The van der Waals surface area contributed by atoms with Crippen LogP contribution in [0.1, 0.15) is 44.7 Å². The topological polar surface area (TPSA) is 140 Å². The predicted octanol–water partition coefficient (Wildman–Crippen LogP) is 3.19. The van der Waals surface area contributed by atoms with Gasteiger partial charge in [-0.15, -0.1) is 0 Å². The third-order valence-corrected chi connectivity index (χ3v) is 4.90. The summed E-state index contributed by atoms with van der Waals surface area (Å²) in [7, 11) is 0. The van der Waals surface area contributed by atoms with Crippen LogP contribution >= 0.6 is 0 Å². The fraction of sp³-hybridized carbons (Fsp3) is 0.407. The smallest absolute Gasteiger partial charge is 0.408 e. The Labute approximate surface area is 216 Å². The van der Waals surface area contributed by atoms with Gasteiger partial charge in [0.05, 0.1) is 13.2 Å². The van der Waals surface area contributed by atoms with Gasteiger partial charge in [0, 0.05) is 6.42 Å². The zero-order valence-electron chi connectivity index (χ0n) is 21.3. The fourth-order valence-corrected chi connectivity index (χ4v) is 3.10. The normalized spacial score (nSPS) is 12.6. The van der Waals surface area contributed by atoms with E-state index in [1.165, 1.54) is 0 Å². The molecule has 0 aromatic heterocycles. The molecular weight excluding hydrogens is 480 g/mol. The average Bonchev–Trinajstić information content (AvgIpc) is 2.84. The summed E-state index contributed by atoms with van der Waals surface area (Å²) in [5.74, 6) is -2.71. The highest BCUT2D eigenvalue weighted by Crippen LogP contribution is 2.09. The van der Waals surface area contributed by atoms with Gasteiger partial charge >= 0.3 is 18.0 Å². The zero-order valence-corrected chi connectivity index (χ0v) is 21.3. The first kappa shape index (κ1) is 29.3. The number of carboxylic acid groups (broad SMARTS) is 1. The average molecular weight is 515 g/mol. The van der Waals surface area contributed by atoms with E-state index < -0.39 is 41.6 Å². The molecule has 0 spiro atoms. The first-order valence-corrected chi connectivity index (χ1v) is 11.9. The van der Waals surface area contributed by atoms with Crippen LogP contribution in [0.2, 0.25) is 0 Å². The van der Waals surface area contributed by atoms with Gasteiger partial charge in [0.1, 0.15) is 24.3 Å². The second-order valence-electron chi connectivity index (χ2n) is 9.28. The first-order chi connectivity index (χ1) is 17.5. The SMILES string of the molecule is CC(C)(C)OC(=O)N[C@@H](COCc1ccccc1)C(=O)N[C@@H](CCC(=O)OCc1ccccc1)C(=O)O. The van der Waals surface area contributed by atoms with Crippen molar-refractivity contribution in [3.05, 3.63) is 71.8 Å². The second kappa shape index (κ2) is 14.6. The Morgan fingerprint density at radius 1 is 0.838 bits per heavy atom. The maximum atomic E-state index is 12.9. The number of hydrogen-bond donors (Lipinski definition) is 3. The van der Waals surface area contributed by atoms with Crippen molar-refractivity contribution >= 4 is 23.9 Å². The van der Waals surface area contributed by atoms with Gasteiger partial charge in [-0.05, 0) is 38.3 Å². The highest BCUT2D eigenvalue weighted by atomic mass is 16.6. The van der Waals surface area contributed by atoms with Crippen LogP contribution in [0.25, 0.3) is 0 Å². The number of alkyl carbamates (subject to hydrolysis) is 1. The summed E-state index contributed by atoms with van der Waals surface area (Å²) in [5, 5.41) is 14.4. The number of amides is 2. The van der Waals surface area contributed by atoms with Crippen LogP contribution in [0.3, 0.4) is 0 Å². The Kier molecular flexibility index (Phi) is 11.6. The van der Waals surface area contributed by atoms with Gasteiger partial charge in [-0.3, -0.25) is 9.59 Å². The van der Waals surface area contributed by atoms with Crippen molar-refractivity contribution < 1.29 is 38.5 Å². The van der Waals surface area contributed by atoms with Gasteiger partial charge in [-0.1, -0.05) is 60.7 Å². The maximum Gasteiger partial charge on any atom is 0.408 e. The van der Waals surface area contributed by atoms with Crippen molar-refractivity contribution in [2.45, 2.75) is 64.5 Å². The summed E-state index contributed by atoms with van der Waals surface area (Å²) < 4.78 is 16.0. The van der Waals surface area contributed by atoms with Gasteiger partial charge in [0.25, 0.3) is 0 Å². The molecular formula is C27H34N2O8. The molecule has 0 bridgehead atoms. The molecule has 10 nitrogen and oxygen atoms in total. The third-order valence-electron chi connectivity index (χ3n) is 4.90. The molecule has 0 aliphatic rings. The lowest BCUT2D eigenvalue weighted by atomic mass is 10.1. The van der Waals surface area contributed by atoms with Crippen LogP contribution < -0.4 is 10.6 Å². The van der Waals surface area contributed by atoms with E-state index in [1.807, 2.05) is 48.5 Å². The van der Waals surface area contributed by atoms with Gasteiger partial charge in [0.2, 0.25) is 5.91 Å². The molecule has 2 amide bonds. The Morgan fingerprint density at radius 3 is 1.95 bits per heavy atom. The lowest BCUT2D eigenvalue weighted by molar-refractivity contribution is -0.146. The van der Waals surface area contributed by atoms with E-state index in [2.05, 4.69) is 10.6 Å². The number of hydrogen-bond acceptors (Lipinski definition) is 7. The van der Waals surface area contributed by atoms with Crippen LogP contribution in [0.15, 0.2) is 60.7 Å². The van der Waals surface area contributed by atoms with E-state index in [0.29, 0.717) is 0 Å². The van der Waals surface area contributed by atoms with E-state index in [0.717, 1.165) is 11.1 Å². The summed E-state index contributed by atoms with van der Waals surface area (Å²) >= 11 is 0. The maximum absolute atomic E-state index is 12.9. The number of carboxylic acids is 1. The summed E-state index contributed by atoms with van der Waals surface area (Å²) in [6, 6.07) is 15.6. The highest BCUT2D eigenvalue weighted by molar-refractivity contribution is 5.89. The van der Waals surface area contributed by atoms with Crippen molar-refractivity contribution in [3.63, 3.8) is 0 Å². The Bertz CT molecular complexity index is 1020. The quantitative estimate of drug-likeness (QED) is 0.346. The number of nitrogens with one attached hydrogen (secondary N) is 2. The van der Waals surface area contributed by atoms with Crippen molar-refractivity contribution in [2.24, 2.45) is 0 Å². The Hall–Kier alpha value is -3.92. The van der Waals surface area contributed by atoms with E-state index in [4.69, 9.17) is 14.2 Å². The van der Waals surface area contributed by atoms with Crippen LogP contribution in [0.4, 0.5) is 4.79 Å². The lowest BCUT2D eigenvalue weighted by Gasteiger charge is -2.24. The molecule has 3 N–H and O–H groups in total. The number of carbonyl (C=O) groups is 4. The van der Waals surface area contributed by atoms with E-state index in [9.17, 15) is 24.3 Å². The standard InChI is InChI=1S/C27H34N2O8/c1-27(2,3)37-26(34)29-22(18-35-16-19-10-6-4-7-11-19)24(31)28-21(25(32)33)14-15-23(30)36-17-20-12-8-5-9-13-20/h4-13,21-22H,14-18H2,1-3H3,(H,28,31)(H,29,34)(H,32,33)/t21-,22-/m0/s1. The number of benzene rings is 2. The molecule has 0 aliphatic heterocycles. The lowest BCUT2D eigenvalue weighted by Crippen LogP contribution is -2.54. The molecule has 2 aromatic rings.